The van der Waals surface area contributed by atoms with Crippen molar-refractivity contribution in [3.8, 4) is 0 Å². The monoisotopic (exact) mass is 304 g/mol. The van der Waals surface area contributed by atoms with Crippen LogP contribution in [0.5, 0.6) is 0 Å². The number of piperidine rings is 1. The average Bonchev–Trinajstić information content (AvgIpc) is 3.04. The van der Waals surface area contributed by atoms with Gasteiger partial charge in [0.25, 0.3) is 5.91 Å². The van der Waals surface area contributed by atoms with E-state index in [0.29, 0.717) is 0 Å². The highest BCUT2D eigenvalue weighted by Gasteiger charge is 2.27. The highest BCUT2D eigenvalue weighted by molar-refractivity contribution is 7.13. The Morgan fingerprint density at radius 1 is 1.38 bits per heavy atom. The highest BCUT2D eigenvalue weighted by atomic mass is 32.1. The number of hydrogen-bond acceptors (Lipinski definition) is 4. The van der Waals surface area contributed by atoms with Gasteiger partial charge in [-0.25, -0.2) is 4.98 Å². The number of amides is 1. The van der Waals surface area contributed by atoms with Gasteiger partial charge < -0.3 is 4.90 Å². The summed E-state index contributed by atoms with van der Waals surface area (Å²) in [7, 11) is 0. The maximum Gasteiger partial charge on any atom is 0.265 e. The molecule has 1 aliphatic rings. The summed E-state index contributed by atoms with van der Waals surface area (Å²) in [6.45, 7) is 7.45. The zero-order valence-electron chi connectivity index (χ0n) is 12.7. The molecule has 1 fully saturated rings. The largest absolute Gasteiger partial charge is 0.336 e. The lowest BCUT2D eigenvalue weighted by atomic mass is 10.1. The van der Waals surface area contributed by atoms with Crippen molar-refractivity contribution >= 4 is 17.2 Å². The molecule has 6 heteroatoms. The maximum atomic E-state index is 12.7. The number of carbonyl (C=O) groups excluding carboxylic acids is 1. The summed E-state index contributed by atoms with van der Waals surface area (Å²) >= 11 is 1.49. The maximum absolute atomic E-state index is 12.7. The molecule has 2 aromatic rings. The summed E-state index contributed by atoms with van der Waals surface area (Å²) in [5.41, 5.74) is 2.01. The zero-order valence-corrected chi connectivity index (χ0v) is 13.5. The summed E-state index contributed by atoms with van der Waals surface area (Å²) in [6.07, 6.45) is 6.02. The molecule has 0 radical (unpaired) electrons. The second kappa shape index (κ2) is 5.60. The first kappa shape index (κ1) is 14.3. The van der Waals surface area contributed by atoms with E-state index in [-0.39, 0.29) is 11.9 Å². The Labute approximate surface area is 128 Å². The number of thiazole rings is 1. The van der Waals surface area contributed by atoms with Gasteiger partial charge in [-0.15, -0.1) is 11.3 Å². The Bertz CT molecular complexity index is 660. The van der Waals surface area contributed by atoms with Gasteiger partial charge in [-0.1, -0.05) is 0 Å². The number of hydrogen-bond donors (Lipinski definition) is 0. The predicted octanol–water partition coefficient (Wildman–Crippen LogP) is 2.74. The third kappa shape index (κ3) is 2.85. The van der Waals surface area contributed by atoms with Crippen molar-refractivity contribution in [2.24, 2.45) is 0 Å². The van der Waals surface area contributed by atoms with E-state index in [1.54, 1.807) is 0 Å². The number of aromatic nitrogens is 3. The topological polar surface area (TPSA) is 51.0 Å². The second-order valence-corrected chi connectivity index (χ2v) is 6.90. The van der Waals surface area contributed by atoms with Crippen LogP contribution in [0.3, 0.4) is 0 Å². The molecule has 112 valence electrons. The van der Waals surface area contributed by atoms with Gasteiger partial charge in [0, 0.05) is 19.3 Å². The van der Waals surface area contributed by atoms with Gasteiger partial charge in [0.15, 0.2) is 0 Å². The SMILES string of the molecule is Cc1cnn(C2CCCN(C(=O)c3sc(C)nc3C)C2)c1. The quantitative estimate of drug-likeness (QED) is 0.857. The standard InChI is InChI=1S/C15H20N4OS/c1-10-7-16-19(8-10)13-5-4-6-18(9-13)15(20)14-11(2)17-12(3)21-14/h7-8,13H,4-6,9H2,1-3H3. The van der Waals surface area contributed by atoms with Gasteiger partial charge in [-0.05, 0) is 39.2 Å². The van der Waals surface area contributed by atoms with E-state index in [1.807, 2.05) is 36.5 Å². The van der Waals surface area contributed by atoms with Crippen molar-refractivity contribution in [2.45, 2.75) is 39.7 Å². The molecule has 0 saturated carbocycles. The summed E-state index contributed by atoms with van der Waals surface area (Å²) in [4.78, 5) is 19.8. The highest BCUT2D eigenvalue weighted by Crippen LogP contribution is 2.25. The third-order valence-corrected chi connectivity index (χ3v) is 4.95. The van der Waals surface area contributed by atoms with Gasteiger partial charge >= 0.3 is 0 Å². The first-order chi connectivity index (χ1) is 10.0. The number of aryl methyl sites for hydroxylation is 3. The van der Waals surface area contributed by atoms with Crippen molar-refractivity contribution in [1.82, 2.24) is 19.7 Å². The Hall–Kier alpha value is -1.69. The Kier molecular flexibility index (Phi) is 3.80. The molecule has 0 aromatic carbocycles. The summed E-state index contributed by atoms with van der Waals surface area (Å²) in [5, 5.41) is 5.35. The van der Waals surface area contributed by atoms with Crippen LogP contribution in [-0.2, 0) is 0 Å². The van der Waals surface area contributed by atoms with E-state index in [4.69, 9.17) is 0 Å². The van der Waals surface area contributed by atoms with Crippen LogP contribution in [0.4, 0.5) is 0 Å². The van der Waals surface area contributed by atoms with E-state index < -0.39 is 0 Å². The fraction of sp³-hybridized carbons (Fsp3) is 0.533. The first-order valence-corrected chi connectivity index (χ1v) is 8.10. The van der Waals surface area contributed by atoms with Crippen LogP contribution in [-0.4, -0.2) is 38.7 Å². The van der Waals surface area contributed by atoms with Crippen molar-refractivity contribution in [3.05, 3.63) is 33.5 Å². The number of carbonyl (C=O) groups is 1. The summed E-state index contributed by atoms with van der Waals surface area (Å²) in [6, 6.07) is 0.283. The lowest BCUT2D eigenvalue weighted by molar-refractivity contribution is 0.0677. The van der Waals surface area contributed by atoms with Crippen molar-refractivity contribution in [2.75, 3.05) is 13.1 Å². The normalized spacial score (nSPS) is 19.0. The smallest absolute Gasteiger partial charge is 0.265 e. The molecule has 21 heavy (non-hydrogen) atoms. The van der Waals surface area contributed by atoms with Gasteiger partial charge in [-0.2, -0.15) is 5.10 Å². The molecule has 0 spiro atoms. The lowest BCUT2D eigenvalue weighted by Crippen LogP contribution is -2.40. The first-order valence-electron chi connectivity index (χ1n) is 7.28. The molecule has 0 aliphatic carbocycles. The molecular formula is C15H20N4OS. The molecule has 1 aliphatic heterocycles. The number of likely N-dealkylation sites (tertiary alicyclic amines) is 1. The Morgan fingerprint density at radius 2 is 2.19 bits per heavy atom. The van der Waals surface area contributed by atoms with Crippen LogP contribution in [0.1, 0.15) is 44.8 Å². The third-order valence-electron chi connectivity index (χ3n) is 3.89. The molecular weight excluding hydrogens is 284 g/mol. The van der Waals surface area contributed by atoms with Crippen LogP contribution >= 0.6 is 11.3 Å². The van der Waals surface area contributed by atoms with E-state index in [0.717, 1.165) is 47.1 Å². The van der Waals surface area contributed by atoms with Crippen molar-refractivity contribution in [1.29, 1.82) is 0 Å². The molecule has 5 nitrogen and oxygen atoms in total. The van der Waals surface area contributed by atoms with Crippen LogP contribution in [0.2, 0.25) is 0 Å². The molecule has 1 unspecified atom stereocenters. The molecule has 0 N–H and O–H groups in total. The molecule has 2 aromatic heterocycles. The van der Waals surface area contributed by atoms with Crippen LogP contribution < -0.4 is 0 Å². The number of rotatable bonds is 2. The van der Waals surface area contributed by atoms with Crippen LogP contribution in [0, 0.1) is 20.8 Å². The molecule has 1 saturated heterocycles. The van der Waals surface area contributed by atoms with Gasteiger partial charge in [0.2, 0.25) is 0 Å². The molecule has 1 amide bonds. The van der Waals surface area contributed by atoms with E-state index >= 15 is 0 Å². The molecule has 3 rings (SSSR count). The molecule has 3 heterocycles. The Balaban J connectivity index is 1.77. The minimum Gasteiger partial charge on any atom is -0.336 e. The van der Waals surface area contributed by atoms with Crippen LogP contribution in [0.25, 0.3) is 0 Å². The predicted molar refractivity (Wildman–Crippen MR) is 82.7 cm³/mol. The van der Waals surface area contributed by atoms with E-state index in [1.165, 1.54) is 11.3 Å². The Morgan fingerprint density at radius 3 is 2.81 bits per heavy atom. The number of nitrogens with zero attached hydrogens (tertiary/aromatic N) is 4. The minimum atomic E-state index is 0.117. The van der Waals surface area contributed by atoms with Gasteiger partial charge in [0.05, 0.1) is 22.9 Å². The van der Waals surface area contributed by atoms with Gasteiger partial charge in [0.1, 0.15) is 4.88 Å². The van der Waals surface area contributed by atoms with Crippen molar-refractivity contribution in [3.63, 3.8) is 0 Å². The second-order valence-electron chi connectivity index (χ2n) is 5.69. The minimum absolute atomic E-state index is 0.117. The summed E-state index contributed by atoms with van der Waals surface area (Å²) < 4.78 is 2.00. The fourth-order valence-electron chi connectivity index (χ4n) is 2.86. The lowest BCUT2D eigenvalue weighted by Gasteiger charge is -2.32. The molecule has 0 bridgehead atoms. The fourth-order valence-corrected chi connectivity index (χ4v) is 3.75. The van der Waals surface area contributed by atoms with E-state index in [9.17, 15) is 4.79 Å². The zero-order chi connectivity index (χ0) is 15.0. The average molecular weight is 304 g/mol. The molecule has 1 atom stereocenters. The van der Waals surface area contributed by atoms with E-state index in [2.05, 4.69) is 16.3 Å². The van der Waals surface area contributed by atoms with Crippen LogP contribution in [0.15, 0.2) is 12.4 Å². The van der Waals surface area contributed by atoms with Crippen molar-refractivity contribution < 1.29 is 4.79 Å². The van der Waals surface area contributed by atoms with Gasteiger partial charge in [-0.3, -0.25) is 9.48 Å². The summed E-state index contributed by atoms with van der Waals surface area (Å²) in [5.74, 6) is 0.117.